The van der Waals surface area contributed by atoms with Gasteiger partial charge in [0.2, 0.25) is 0 Å². The van der Waals surface area contributed by atoms with Crippen molar-refractivity contribution in [2.24, 2.45) is 0 Å². The highest BCUT2D eigenvalue weighted by atomic mass is 19.1. The van der Waals surface area contributed by atoms with Crippen molar-refractivity contribution in [3.63, 3.8) is 0 Å². The Morgan fingerprint density at radius 2 is 2.06 bits per heavy atom. The molecule has 1 aromatic carbocycles. The summed E-state index contributed by atoms with van der Waals surface area (Å²) < 4.78 is 18.1. The van der Waals surface area contributed by atoms with Gasteiger partial charge in [-0.05, 0) is 38.5 Å². The molecular formula is C12H15FO3. The van der Waals surface area contributed by atoms with E-state index in [4.69, 9.17) is 9.84 Å². The maximum Gasteiger partial charge on any atom is 0.310 e. The van der Waals surface area contributed by atoms with E-state index in [1.165, 1.54) is 12.1 Å². The molecule has 0 aliphatic rings. The smallest absolute Gasteiger partial charge is 0.310 e. The molecule has 1 N–H and O–H groups in total. The van der Waals surface area contributed by atoms with Crippen LogP contribution in [0.25, 0.3) is 0 Å². The van der Waals surface area contributed by atoms with Crippen molar-refractivity contribution in [3.8, 4) is 5.75 Å². The number of benzene rings is 1. The Kier molecular flexibility index (Phi) is 3.52. The minimum absolute atomic E-state index is 0.00549. The summed E-state index contributed by atoms with van der Waals surface area (Å²) in [5.74, 6) is -1.58. The monoisotopic (exact) mass is 226 g/mol. The number of esters is 1. The number of phenols is 1. The predicted octanol–water partition coefficient (Wildman–Crippen LogP) is 2.42. The van der Waals surface area contributed by atoms with Crippen LogP contribution >= 0.6 is 0 Å². The molecule has 0 aromatic heterocycles. The van der Waals surface area contributed by atoms with Crippen LogP contribution in [0.15, 0.2) is 18.2 Å². The predicted molar refractivity (Wildman–Crippen MR) is 57.6 cm³/mol. The van der Waals surface area contributed by atoms with Crippen molar-refractivity contribution in [3.05, 3.63) is 29.6 Å². The molecule has 0 atom stereocenters. The van der Waals surface area contributed by atoms with E-state index in [1.54, 1.807) is 20.8 Å². The normalized spacial score (nSPS) is 11.2. The van der Waals surface area contributed by atoms with Gasteiger partial charge in [0, 0.05) is 0 Å². The maximum absolute atomic E-state index is 13.0. The highest BCUT2D eigenvalue weighted by Crippen LogP contribution is 2.17. The summed E-state index contributed by atoms with van der Waals surface area (Å²) in [5.41, 5.74) is -0.0726. The van der Waals surface area contributed by atoms with Crippen molar-refractivity contribution in [2.45, 2.75) is 32.8 Å². The van der Waals surface area contributed by atoms with Gasteiger partial charge in [0.25, 0.3) is 0 Å². The zero-order valence-electron chi connectivity index (χ0n) is 9.58. The Labute approximate surface area is 93.9 Å². The minimum atomic E-state index is -0.735. The molecule has 0 saturated carbocycles. The summed E-state index contributed by atoms with van der Waals surface area (Å²) in [6, 6.07) is 3.83. The van der Waals surface area contributed by atoms with Gasteiger partial charge in [0.1, 0.15) is 5.60 Å². The lowest BCUT2D eigenvalue weighted by Crippen LogP contribution is -2.24. The van der Waals surface area contributed by atoms with Crippen LogP contribution in [0.1, 0.15) is 26.3 Å². The first kappa shape index (κ1) is 12.5. The zero-order chi connectivity index (χ0) is 12.3. The van der Waals surface area contributed by atoms with Crippen LogP contribution in [0, 0.1) is 5.82 Å². The SMILES string of the molecule is CC(C)(C)OC(=O)Cc1ccc(O)c(F)c1. The molecule has 0 aliphatic heterocycles. The summed E-state index contributed by atoms with van der Waals surface area (Å²) >= 11 is 0. The lowest BCUT2D eigenvalue weighted by atomic mass is 10.1. The first-order chi connectivity index (χ1) is 7.28. The van der Waals surface area contributed by atoms with E-state index in [0.717, 1.165) is 6.07 Å². The lowest BCUT2D eigenvalue weighted by Gasteiger charge is -2.19. The number of rotatable bonds is 2. The average molecular weight is 226 g/mol. The van der Waals surface area contributed by atoms with Crippen LogP contribution < -0.4 is 0 Å². The van der Waals surface area contributed by atoms with Gasteiger partial charge in [-0.1, -0.05) is 6.07 Å². The molecule has 88 valence electrons. The van der Waals surface area contributed by atoms with Crippen LogP contribution in [0.4, 0.5) is 4.39 Å². The van der Waals surface area contributed by atoms with Gasteiger partial charge in [-0.2, -0.15) is 0 Å². The molecule has 4 heteroatoms. The number of hydrogen-bond donors (Lipinski definition) is 1. The molecule has 0 bridgehead atoms. The van der Waals surface area contributed by atoms with E-state index in [-0.39, 0.29) is 6.42 Å². The van der Waals surface area contributed by atoms with E-state index in [2.05, 4.69) is 0 Å². The van der Waals surface area contributed by atoms with Crippen molar-refractivity contribution >= 4 is 5.97 Å². The van der Waals surface area contributed by atoms with E-state index >= 15 is 0 Å². The van der Waals surface area contributed by atoms with Crippen molar-refractivity contribution in [1.82, 2.24) is 0 Å². The summed E-state index contributed by atoms with van der Waals surface area (Å²) in [7, 11) is 0. The number of aromatic hydroxyl groups is 1. The summed E-state index contributed by atoms with van der Waals surface area (Å²) in [5, 5.41) is 8.97. The standard InChI is InChI=1S/C12H15FO3/c1-12(2,3)16-11(15)7-8-4-5-10(14)9(13)6-8/h4-6,14H,7H2,1-3H3. The van der Waals surface area contributed by atoms with Gasteiger partial charge < -0.3 is 9.84 Å². The van der Waals surface area contributed by atoms with E-state index in [0.29, 0.717) is 5.56 Å². The Hall–Kier alpha value is -1.58. The van der Waals surface area contributed by atoms with E-state index in [9.17, 15) is 9.18 Å². The number of halogens is 1. The zero-order valence-corrected chi connectivity index (χ0v) is 9.58. The fourth-order valence-corrected chi connectivity index (χ4v) is 1.20. The molecule has 16 heavy (non-hydrogen) atoms. The Morgan fingerprint density at radius 1 is 1.44 bits per heavy atom. The summed E-state index contributed by atoms with van der Waals surface area (Å²) in [6.07, 6.45) is -0.00549. The molecule has 0 amide bonds. The van der Waals surface area contributed by atoms with Crippen LogP contribution in [0.2, 0.25) is 0 Å². The van der Waals surface area contributed by atoms with Crippen LogP contribution in [0.3, 0.4) is 0 Å². The quantitative estimate of drug-likeness (QED) is 0.788. The third kappa shape index (κ3) is 3.88. The first-order valence-electron chi connectivity index (χ1n) is 4.97. The Balaban J connectivity index is 2.67. The van der Waals surface area contributed by atoms with Gasteiger partial charge in [0.05, 0.1) is 6.42 Å². The molecular weight excluding hydrogens is 211 g/mol. The molecule has 0 spiro atoms. The number of hydrogen-bond acceptors (Lipinski definition) is 3. The van der Waals surface area contributed by atoms with Crippen LogP contribution in [0.5, 0.6) is 5.75 Å². The maximum atomic E-state index is 13.0. The fourth-order valence-electron chi connectivity index (χ4n) is 1.20. The fraction of sp³-hybridized carbons (Fsp3) is 0.417. The average Bonchev–Trinajstić information content (AvgIpc) is 2.08. The van der Waals surface area contributed by atoms with Crippen molar-refractivity contribution in [2.75, 3.05) is 0 Å². The molecule has 3 nitrogen and oxygen atoms in total. The Morgan fingerprint density at radius 3 is 2.56 bits per heavy atom. The second kappa shape index (κ2) is 4.51. The molecule has 1 aromatic rings. The summed E-state index contributed by atoms with van der Waals surface area (Å²) in [4.78, 5) is 11.4. The molecule has 0 heterocycles. The first-order valence-corrected chi connectivity index (χ1v) is 4.97. The largest absolute Gasteiger partial charge is 0.505 e. The number of carbonyl (C=O) groups excluding carboxylic acids is 1. The molecule has 0 radical (unpaired) electrons. The van der Waals surface area contributed by atoms with Gasteiger partial charge >= 0.3 is 5.97 Å². The van der Waals surface area contributed by atoms with Gasteiger partial charge in [-0.3, -0.25) is 4.79 Å². The number of carbonyl (C=O) groups is 1. The topological polar surface area (TPSA) is 46.5 Å². The third-order valence-corrected chi connectivity index (χ3v) is 1.78. The second-order valence-electron chi connectivity index (χ2n) is 4.55. The number of phenolic OH excluding ortho intramolecular Hbond substituents is 1. The van der Waals surface area contributed by atoms with E-state index in [1.807, 2.05) is 0 Å². The number of ether oxygens (including phenoxy) is 1. The highest BCUT2D eigenvalue weighted by molar-refractivity contribution is 5.73. The third-order valence-electron chi connectivity index (χ3n) is 1.78. The molecule has 0 fully saturated rings. The van der Waals surface area contributed by atoms with Gasteiger partial charge in [-0.25, -0.2) is 4.39 Å². The Bertz CT molecular complexity index is 394. The minimum Gasteiger partial charge on any atom is -0.505 e. The molecule has 0 aliphatic carbocycles. The molecule has 0 saturated heterocycles. The lowest BCUT2D eigenvalue weighted by molar-refractivity contribution is -0.153. The van der Waals surface area contributed by atoms with Crippen molar-refractivity contribution < 1.29 is 19.0 Å². The van der Waals surface area contributed by atoms with E-state index < -0.39 is 23.1 Å². The molecule has 0 unspecified atom stereocenters. The summed E-state index contributed by atoms with van der Waals surface area (Å²) in [6.45, 7) is 5.30. The second-order valence-corrected chi connectivity index (χ2v) is 4.55. The van der Waals surface area contributed by atoms with Crippen LogP contribution in [-0.2, 0) is 16.0 Å². The van der Waals surface area contributed by atoms with Gasteiger partial charge in [-0.15, -0.1) is 0 Å². The van der Waals surface area contributed by atoms with Crippen LogP contribution in [-0.4, -0.2) is 16.7 Å². The van der Waals surface area contributed by atoms with Crippen molar-refractivity contribution in [1.29, 1.82) is 0 Å². The molecule has 1 rings (SSSR count). The highest BCUT2D eigenvalue weighted by Gasteiger charge is 2.16. The van der Waals surface area contributed by atoms with Gasteiger partial charge in [0.15, 0.2) is 11.6 Å².